The van der Waals surface area contributed by atoms with E-state index in [-0.39, 0.29) is 30.0 Å². The molecule has 0 heterocycles. The van der Waals surface area contributed by atoms with Crippen LogP contribution in [0.15, 0.2) is 36.4 Å². The zero-order valence-electron chi connectivity index (χ0n) is 15.6. The van der Waals surface area contributed by atoms with Crippen LogP contribution in [0.3, 0.4) is 0 Å². The normalized spacial score (nSPS) is 11.4. The number of carbonyl (C=O) groups excluding carboxylic acids is 1. The Morgan fingerprint density at radius 3 is 2.48 bits per heavy atom. The van der Waals surface area contributed by atoms with Gasteiger partial charge in [-0.1, -0.05) is 6.07 Å². The highest BCUT2D eigenvalue weighted by Crippen LogP contribution is 2.32. The predicted octanol–water partition coefficient (Wildman–Crippen LogP) is 3.18. The van der Waals surface area contributed by atoms with Gasteiger partial charge in [-0.15, -0.1) is 0 Å². The monoisotopic (exact) mass is 374 g/mol. The van der Waals surface area contributed by atoms with Crippen LogP contribution in [-0.4, -0.2) is 31.7 Å². The first-order valence-electron chi connectivity index (χ1n) is 8.24. The van der Waals surface area contributed by atoms with Crippen molar-refractivity contribution in [1.29, 1.82) is 0 Å². The van der Waals surface area contributed by atoms with Crippen LogP contribution in [0.2, 0.25) is 0 Å². The summed E-state index contributed by atoms with van der Waals surface area (Å²) in [6.07, 6.45) is 0. The summed E-state index contributed by atoms with van der Waals surface area (Å²) < 4.78 is 15.9. The van der Waals surface area contributed by atoms with E-state index < -0.39 is 4.92 Å². The molecule has 0 saturated heterocycles. The summed E-state index contributed by atoms with van der Waals surface area (Å²) in [5.41, 5.74) is 1.73. The van der Waals surface area contributed by atoms with E-state index in [1.807, 2.05) is 26.0 Å². The number of nitro benzene ring substituents is 1. The Morgan fingerprint density at radius 1 is 1.19 bits per heavy atom. The maximum atomic E-state index is 12.2. The minimum Gasteiger partial charge on any atom is -0.493 e. The molecule has 0 fully saturated rings. The van der Waals surface area contributed by atoms with Crippen LogP contribution >= 0.6 is 0 Å². The van der Waals surface area contributed by atoms with Gasteiger partial charge < -0.3 is 19.5 Å². The molecule has 0 aromatic heterocycles. The Balaban J connectivity index is 2.01. The second-order valence-electron chi connectivity index (χ2n) is 5.90. The Bertz CT molecular complexity index is 837. The number of methoxy groups -OCH3 is 2. The Hall–Kier alpha value is -3.29. The van der Waals surface area contributed by atoms with Crippen LogP contribution in [0, 0.1) is 17.0 Å². The van der Waals surface area contributed by atoms with Gasteiger partial charge >= 0.3 is 0 Å². The second kappa shape index (κ2) is 8.88. The molecule has 1 N–H and O–H groups in total. The number of nitrogens with one attached hydrogen (secondary N) is 1. The van der Waals surface area contributed by atoms with Gasteiger partial charge in [0.2, 0.25) is 0 Å². The third kappa shape index (κ3) is 5.10. The Labute approximate surface area is 157 Å². The van der Waals surface area contributed by atoms with E-state index in [9.17, 15) is 14.9 Å². The first kappa shape index (κ1) is 20.0. The van der Waals surface area contributed by atoms with Gasteiger partial charge in [-0.05, 0) is 43.2 Å². The smallest absolute Gasteiger partial charge is 0.273 e. The number of nitrogens with zero attached hydrogens (tertiary/aromatic N) is 1. The lowest BCUT2D eigenvalue weighted by Gasteiger charge is -2.19. The highest BCUT2D eigenvalue weighted by atomic mass is 16.6. The third-order valence-electron chi connectivity index (χ3n) is 4.01. The van der Waals surface area contributed by atoms with Crippen molar-refractivity contribution in [2.24, 2.45) is 0 Å². The average Bonchev–Trinajstić information content (AvgIpc) is 2.66. The van der Waals surface area contributed by atoms with Crippen LogP contribution in [0.25, 0.3) is 0 Å². The Morgan fingerprint density at radius 2 is 1.85 bits per heavy atom. The van der Waals surface area contributed by atoms with Crippen molar-refractivity contribution in [3.8, 4) is 17.2 Å². The van der Waals surface area contributed by atoms with E-state index in [1.54, 1.807) is 20.3 Å². The molecule has 27 heavy (non-hydrogen) atoms. The largest absolute Gasteiger partial charge is 0.493 e. The number of ether oxygens (including phenoxy) is 3. The van der Waals surface area contributed by atoms with Gasteiger partial charge in [0, 0.05) is 6.07 Å². The van der Waals surface area contributed by atoms with Gasteiger partial charge in [0.05, 0.1) is 31.3 Å². The number of aryl methyl sites for hydroxylation is 1. The van der Waals surface area contributed by atoms with Crippen molar-refractivity contribution in [1.82, 2.24) is 5.32 Å². The van der Waals surface area contributed by atoms with Gasteiger partial charge in [0.1, 0.15) is 5.75 Å². The molecular weight excluding hydrogens is 352 g/mol. The number of nitro groups is 1. The van der Waals surface area contributed by atoms with Crippen molar-refractivity contribution in [2.75, 3.05) is 20.8 Å². The van der Waals surface area contributed by atoms with Crippen LogP contribution in [-0.2, 0) is 4.79 Å². The van der Waals surface area contributed by atoms with Crippen LogP contribution in [0.4, 0.5) is 5.69 Å². The number of hydrogen-bond donors (Lipinski definition) is 1. The summed E-state index contributed by atoms with van der Waals surface area (Å²) in [5.74, 6) is 1.11. The van der Waals surface area contributed by atoms with E-state index in [2.05, 4.69) is 5.32 Å². The first-order valence-corrected chi connectivity index (χ1v) is 8.24. The van der Waals surface area contributed by atoms with Gasteiger partial charge in [-0.3, -0.25) is 14.9 Å². The fourth-order valence-corrected chi connectivity index (χ4v) is 2.66. The summed E-state index contributed by atoms with van der Waals surface area (Å²) in [4.78, 5) is 22.4. The highest BCUT2D eigenvalue weighted by Gasteiger charge is 2.16. The quantitative estimate of drug-likeness (QED) is 0.563. The number of benzene rings is 2. The van der Waals surface area contributed by atoms with Crippen molar-refractivity contribution in [2.45, 2.75) is 19.9 Å². The summed E-state index contributed by atoms with van der Waals surface area (Å²) >= 11 is 0. The molecule has 0 aliphatic heterocycles. The van der Waals surface area contributed by atoms with E-state index >= 15 is 0 Å². The molecule has 0 aliphatic carbocycles. The standard InChI is InChI=1S/C19H22N2O6/c1-12-8-17(25-3)18(26-4)10-16(12)13(2)20-19(22)11-27-15-7-5-6-14(9-15)21(23)24/h5-10,13H,11H2,1-4H3,(H,20,22). The minimum atomic E-state index is -0.519. The second-order valence-corrected chi connectivity index (χ2v) is 5.90. The number of amides is 1. The molecule has 144 valence electrons. The molecule has 2 aromatic carbocycles. The van der Waals surface area contributed by atoms with Crippen LogP contribution in [0.5, 0.6) is 17.2 Å². The molecule has 0 aliphatic rings. The fourth-order valence-electron chi connectivity index (χ4n) is 2.66. The van der Waals surface area contributed by atoms with E-state index in [1.165, 1.54) is 18.2 Å². The molecule has 0 saturated carbocycles. The first-order chi connectivity index (χ1) is 12.8. The molecule has 0 bridgehead atoms. The topological polar surface area (TPSA) is 99.9 Å². The number of rotatable bonds is 8. The average molecular weight is 374 g/mol. The lowest BCUT2D eigenvalue weighted by Crippen LogP contribution is -2.31. The van der Waals surface area contributed by atoms with Crippen molar-refractivity contribution < 1.29 is 23.9 Å². The molecule has 8 heteroatoms. The number of carbonyl (C=O) groups is 1. The summed E-state index contributed by atoms with van der Waals surface area (Å²) in [6.45, 7) is 3.51. The van der Waals surface area contributed by atoms with E-state index in [0.717, 1.165) is 11.1 Å². The molecule has 8 nitrogen and oxygen atoms in total. The lowest BCUT2D eigenvalue weighted by atomic mass is 10.0. The fraction of sp³-hybridized carbons (Fsp3) is 0.316. The lowest BCUT2D eigenvalue weighted by molar-refractivity contribution is -0.384. The number of hydrogen-bond acceptors (Lipinski definition) is 6. The number of non-ortho nitro benzene ring substituents is 1. The van der Waals surface area contributed by atoms with Crippen molar-refractivity contribution in [3.63, 3.8) is 0 Å². The van der Waals surface area contributed by atoms with Crippen LogP contribution in [0.1, 0.15) is 24.1 Å². The van der Waals surface area contributed by atoms with Crippen molar-refractivity contribution >= 4 is 11.6 Å². The summed E-state index contributed by atoms with van der Waals surface area (Å²) in [7, 11) is 3.11. The molecule has 2 rings (SSSR count). The van der Waals surface area contributed by atoms with Crippen LogP contribution < -0.4 is 19.5 Å². The molecule has 1 amide bonds. The molecule has 2 aromatic rings. The predicted molar refractivity (Wildman–Crippen MR) is 99.4 cm³/mol. The molecule has 1 atom stereocenters. The van der Waals surface area contributed by atoms with Gasteiger partial charge in [-0.25, -0.2) is 0 Å². The maximum Gasteiger partial charge on any atom is 0.273 e. The SMILES string of the molecule is COc1cc(C)c(C(C)NC(=O)COc2cccc([N+](=O)[O-])c2)cc1OC. The highest BCUT2D eigenvalue weighted by molar-refractivity contribution is 5.78. The zero-order valence-corrected chi connectivity index (χ0v) is 15.6. The molecule has 0 radical (unpaired) electrons. The Kier molecular flexibility index (Phi) is 6.59. The third-order valence-corrected chi connectivity index (χ3v) is 4.01. The van der Waals surface area contributed by atoms with E-state index in [4.69, 9.17) is 14.2 Å². The van der Waals surface area contributed by atoms with Crippen molar-refractivity contribution in [3.05, 3.63) is 57.6 Å². The molecule has 1 unspecified atom stereocenters. The van der Waals surface area contributed by atoms with Gasteiger partial charge in [-0.2, -0.15) is 0 Å². The minimum absolute atomic E-state index is 0.0952. The molecule has 0 spiro atoms. The zero-order chi connectivity index (χ0) is 20.0. The van der Waals surface area contributed by atoms with Gasteiger partial charge in [0.15, 0.2) is 18.1 Å². The molecular formula is C19H22N2O6. The summed E-state index contributed by atoms with van der Waals surface area (Å²) in [5, 5.41) is 13.6. The summed E-state index contributed by atoms with van der Waals surface area (Å²) in [6, 6.07) is 9.07. The maximum absolute atomic E-state index is 12.2. The van der Waals surface area contributed by atoms with E-state index in [0.29, 0.717) is 11.5 Å². The van der Waals surface area contributed by atoms with Gasteiger partial charge in [0.25, 0.3) is 11.6 Å².